The molecule has 2 heteroatoms. The predicted octanol–water partition coefficient (Wildman–Crippen LogP) is 2.07. The van der Waals surface area contributed by atoms with Gasteiger partial charge >= 0.3 is 0 Å². The lowest BCUT2D eigenvalue weighted by Gasteiger charge is -2.17. The SMILES string of the molecule is N#C[C@@]12C[C@@H]1CN(CCc1ccccc1)C2. The maximum Gasteiger partial charge on any atom is 0.0745 e. The summed E-state index contributed by atoms with van der Waals surface area (Å²) in [6, 6.07) is 13.1. The average molecular weight is 212 g/mol. The molecule has 1 aliphatic carbocycles. The fourth-order valence-corrected chi connectivity index (χ4v) is 2.86. The monoisotopic (exact) mass is 212 g/mol. The van der Waals surface area contributed by atoms with Gasteiger partial charge in [-0.3, -0.25) is 0 Å². The summed E-state index contributed by atoms with van der Waals surface area (Å²) in [5.41, 5.74) is 1.45. The van der Waals surface area contributed by atoms with Gasteiger partial charge in [-0.25, -0.2) is 0 Å². The standard InChI is InChI=1S/C14H16N2/c15-10-14-8-13(14)9-16(11-14)7-6-12-4-2-1-3-5-12/h1-5,13H,6-9,11H2/t13-,14-/m1/s1. The number of benzene rings is 1. The van der Waals surface area contributed by atoms with Crippen LogP contribution in [0.15, 0.2) is 30.3 Å². The van der Waals surface area contributed by atoms with Crippen LogP contribution in [-0.4, -0.2) is 24.5 Å². The molecule has 0 N–H and O–H groups in total. The summed E-state index contributed by atoms with van der Waals surface area (Å²) < 4.78 is 0. The summed E-state index contributed by atoms with van der Waals surface area (Å²) in [4.78, 5) is 2.45. The van der Waals surface area contributed by atoms with Gasteiger partial charge in [0.15, 0.2) is 0 Å². The quantitative estimate of drug-likeness (QED) is 0.767. The third-order valence-corrected chi connectivity index (χ3v) is 4.00. The van der Waals surface area contributed by atoms with E-state index in [1.165, 1.54) is 5.56 Å². The first-order chi connectivity index (χ1) is 7.82. The average Bonchev–Trinajstić information content (AvgIpc) is 2.91. The number of hydrogen-bond donors (Lipinski definition) is 0. The van der Waals surface area contributed by atoms with E-state index in [-0.39, 0.29) is 5.41 Å². The zero-order valence-electron chi connectivity index (χ0n) is 9.39. The van der Waals surface area contributed by atoms with Gasteiger partial charge in [-0.2, -0.15) is 5.26 Å². The van der Waals surface area contributed by atoms with Crippen LogP contribution in [0.2, 0.25) is 0 Å². The van der Waals surface area contributed by atoms with Crippen LogP contribution in [-0.2, 0) is 6.42 Å². The fourth-order valence-electron chi connectivity index (χ4n) is 2.86. The van der Waals surface area contributed by atoms with E-state index in [1.54, 1.807) is 0 Å². The first-order valence-corrected chi connectivity index (χ1v) is 6.00. The summed E-state index contributed by atoms with van der Waals surface area (Å²) in [6.07, 6.45) is 2.25. The number of nitrogens with zero attached hydrogens (tertiary/aromatic N) is 2. The molecule has 0 unspecified atom stereocenters. The highest BCUT2D eigenvalue weighted by molar-refractivity contribution is 5.22. The molecular formula is C14H16N2. The molecule has 1 aliphatic heterocycles. The fraction of sp³-hybridized carbons (Fsp3) is 0.500. The van der Waals surface area contributed by atoms with Gasteiger partial charge in [-0.15, -0.1) is 0 Å². The van der Waals surface area contributed by atoms with Gasteiger partial charge in [0.25, 0.3) is 0 Å². The van der Waals surface area contributed by atoms with Gasteiger partial charge in [0.1, 0.15) is 0 Å². The van der Waals surface area contributed by atoms with E-state index in [0.717, 1.165) is 32.5 Å². The van der Waals surface area contributed by atoms with Crippen LogP contribution in [0.1, 0.15) is 12.0 Å². The molecule has 0 radical (unpaired) electrons. The van der Waals surface area contributed by atoms with Crippen molar-refractivity contribution in [3.8, 4) is 6.07 Å². The zero-order valence-corrected chi connectivity index (χ0v) is 9.39. The third-order valence-electron chi connectivity index (χ3n) is 4.00. The van der Waals surface area contributed by atoms with Gasteiger partial charge in [0.05, 0.1) is 11.5 Å². The van der Waals surface area contributed by atoms with Crippen LogP contribution in [0, 0.1) is 22.7 Å². The van der Waals surface area contributed by atoms with Crippen molar-refractivity contribution in [2.75, 3.05) is 19.6 Å². The lowest BCUT2D eigenvalue weighted by molar-refractivity contribution is 0.298. The van der Waals surface area contributed by atoms with Gasteiger partial charge in [-0.05, 0) is 24.3 Å². The van der Waals surface area contributed by atoms with Crippen molar-refractivity contribution in [2.45, 2.75) is 12.8 Å². The number of rotatable bonds is 3. The van der Waals surface area contributed by atoms with E-state index in [9.17, 15) is 0 Å². The van der Waals surface area contributed by atoms with Crippen molar-refractivity contribution in [3.05, 3.63) is 35.9 Å². The van der Waals surface area contributed by atoms with E-state index in [1.807, 2.05) is 0 Å². The maximum absolute atomic E-state index is 9.09. The highest BCUT2D eigenvalue weighted by atomic mass is 15.2. The Morgan fingerprint density at radius 1 is 1.38 bits per heavy atom. The van der Waals surface area contributed by atoms with E-state index in [4.69, 9.17) is 5.26 Å². The normalized spacial score (nSPS) is 32.1. The minimum Gasteiger partial charge on any atom is -0.301 e. The molecule has 2 fully saturated rings. The number of likely N-dealkylation sites (tertiary alicyclic amines) is 1. The summed E-state index contributed by atoms with van der Waals surface area (Å²) in [5.74, 6) is 0.674. The number of hydrogen-bond acceptors (Lipinski definition) is 2. The molecule has 0 amide bonds. The second kappa shape index (κ2) is 3.61. The van der Waals surface area contributed by atoms with E-state index in [2.05, 4.69) is 41.3 Å². The molecule has 2 nitrogen and oxygen atoms in total. The molecule has 0 spiro atoms. The smallest absolute Gasteiger partial charge is 0.0745 e. The summed E-state index contributed by atoms with van der Waals surface area (Å²) in [7, 11) is 0. The van der Waals surface area contributed by atoms with E-state index >= 15 is 0 Å². The molecule has 2 atom stereocenters. The molecular weight excluding hydrogens is 196 g/mol. The first kappa shape index (κ1) is 9.86. The summed E-state index contributed by atoms with van der Waals surface area (Å²) >= 11 is 0. The Morgan fingerprint density at radius 3 is 2.88 bits per heavy atom. The molecule has 0 bridgehead atoms. The van der Waals surface area contributed by atoms with Gasteiger partial charge in [0, 0.05) is 19.6 Å². The van der Waals surface area contributed by atoms with Crippen molar-refractivity contribution in [3.63, 3.8) is 0 Å². The van der Waals surface area contributed by atoms with Gasteiger partial charge in [0.2, 0.25) is 0 Å². The highest BCUT2D eigenvalue weighted by Gasteiger charge is 2.60. The van der Waals surface area contributed by atoms with E-state index in [0.29, 0.717) is 5.92 Å². The minimum absolute atomic E-state index is 0.0523. The second-order valence-corrected chi connectivity index (χ2v) is 5.14. The molecule has 1 aromatic carbocycles. The molecule has 16 heavy (non-hydrogen) atoms. The molecule has 1 saturated heterocycles. The molecule has 1 heterocycles. The Hall–Kier alpha value is -1.33. The largest absolute Gasteiger partial charge is 0.301 e. The molecule has 1 aromatic rings. The number of piperidine rings is 1. The number of fused-ring (bicyclic) bond motifs is 1. The van der Waals surface area contributed by atoms with Crippen LogP contribution >= 0.6 is 0 Å². The zero-order chi connectivity index (χ0) is 11.0. The van der Waals surface area contributed by atoms with Crippen molar-refractivity contribution < 1.29 is 0 Å². The Bertz CT molecular complexity index is 420. The Labute approximate surface area is 96.5 Å². The predicted molar refractivity (Wildman–Crippen MR) is 62.7 cm³/mol. The maximum atomic E-state index is 9.09. The molecule has 2 aliphatic rings. The Balaban J connectivity index is 1.53. The van der Waals surface area contributed by atoms with Crippen molar-refractivity contribution in [1.82, 2.24) is 4.90 Å². The molecule has 0 aromatic heterocycles. The summed E-state index contributed by atoms with van der Waals surface area (Å²) in [6.45, 7) is 3.24. The van der Waals surface area contributed by atoms with Gasteiger partial charge < -0.3 is 4.90 Å². The summed E-state index contributed by atoms with van der Waals surface area (Å²) in [5, 5.41) is 9.09. The topological polar surface area (TPSA) is 27.0 Å². The molecule has 82 valence electrons. The lowest BCUT2D eigenvalue weighted by Crippen LogP contribution is -2.27. The Morgan fingerprint density at radius 2 is 2.19 bits per heavy atom. The van der Waals surface area contributed by atoms with Crippen molar-refractivity contribution in [2.24, 2.45) is 11.3 Å². The molecule has 3 rings (SSSR count). The van der Waals surface area contributed by atoms with Gasteiger partial charge in [-0.1, -0.05) is 30.3 Å². The minimum atomic E-state index is 0.0523. The van der Waals surface area contributed by atoms with Crippen molar-refractivity contribution >= 4 is 0 Å². The number of nitriles is 1. The van der Waals surface area contributed by atoms with Crippen molar-refractivity contribution in [1.29, 1.82) is 5.26 Å². The lowest BCUT2D eigenvalue weighted by atomic mass is 10.1. The van der Waals surface area contributed by atoms with Crippen LogP contribution < -0.4 is 0 Å². The van der Waals surface area contributed by atoms with Crippen LogP contribution in [0.3, 0.4) is 0 Å². The second-order valence-electron chi connectivity index (χ2n) is 5.14. The molecule has 1 saturated carbocycles. The first-order valence-electron chi connectivity index (χ1n) is 6.00. The Kier molecular flexibility index (Phi) is 2.22. The third kappa shape index (κ3) is 1.62. The highest BCUT2D eigenvalue weighted by Crippen LogP contribution is 2.57. The van der Waals surface area contributed by atoms with Crippen LogP contribution in [0.5, 0.6) is 0 Å². The van der Waals surface area contributed by atoms with Crippen LogP contribution in [0.25, 0.3) is 0 Å². The van der Waals surface area contributed by atoms with Crippen LogP contribution in [0.4, 0.5) is 0 Å². The van der Waals surface area contributed by atoms with E-state index < -0.39 is 0 Å².